The molecule has 0 aromatic heterocycles. The summed E-state index contributed by atoms with van der Waals surface area (Å²) in [6.07, 6.45) is 1.86. The summed E-state index contributed by atoms with van der Waals surface area (Å²) in [5, 5.41) is 10.4. The average Bonchev–Trinajstić information content (AvgIpc) is 2.50. The van der Waals surface area contributed by atoms with Gasteiger partial charge in [-0.05, 0) is 37.2 Å². The van der Waals surface area contributed by atoms with Gasteiger partial charge in [-0.15, -0.1) is 0 Å². The maximum Gasteiger partial charge on any atom is 0.161 e. The molecule has 20 heavy (non-hydrogen) atoms. The molecular formula is C16H25NO3. The zero-order chi connectivity index (χ0) is 14.4. The van der Waals surface area contributed by atoms with Crippen molar-refractivity contribution in [2.45, 2.75) is 32.8 Å². The summed E-state index contributed by atoms with van der Waals surface area (Å²) in [7, 11) is 0. The van der Waals surface area contributed by atoms with E-state index in [-0.39, 0.29) is 0 Å². The van der Waals surface area contributed by atoms with Gasteiger partial charge in [0.1, 0.15) is 13.2 Å². The molecule has 0 radical (unpaired) electrons. The number of aliphatic hydroxyl groups excluding tert-OH is 1. The first-order valence-corrected chi connectivity index (χ1v) is 7.54. The topological polar surface area (TPSA) is 41.9 Å². The first kappa shape index (κ1) is 15.1. The van der Waals surface area contributed by atoms with E-state index in [1.54, 1.807) is 0 Å². The third-order valence-corrected chi connectivity index (χ3v) is 3.66. The predicted octanol–water partition coefficient (Wildman–Crippen LogP) is 2.61. The van der Waals surface area contributed by atoms with Crippen LogP contribution in [-0.4, -0.2) is 42.9 Å². The SMILES string of the molecule is CCCCN(CC)C[C@@H](O)c1ccc2c(c1)OCCO2. The van der Waals surface area contributed by atoms with Crippen molar-refractivity contribution in [1.29, 1.82) is 0 Å². The largest absolute Gasteiger partial charge is 0.486 e. The Labute approximate surface area is 121 Å². The average molecular weight is 279 g/mol. The van der Waals surface area contributed by atoms with Crippen molar-refractivity contribution >= 4 is 0 Å². The van der Waals surface area contributed by atoms with Crippen LogP contribution in [0, 0.1) is 0 Å². The number of unbranched alkanes of at least 4 members (excludes halogenated alkanes) is 1. The highest BCUT2D eigenvalue weighted by atomic mass is 16.6. The van der Waals surface area contributed by atoms with E-state index in [2.05, 4.69) is 18.7 Å². The second kappa shape index (κ2) is 7.50. The Kier molecular flexibility index (Phi) is 5.68. The summed E-state index contributed by atoms with van der Waals surface area (Å²) in [5.41, 5.74) is 0.893. The normalized spacial score (nSPS) is 15.4. The fraction of sp³-hybridized carbons (Fsp3) is 0.625. The van der Waals surface area contributed by atoms with Crippen LogP contribution in [-0.2, 0) is 0 Å². The highest BCUT2D eigenvalue weighted by Gasteiger charge is 2.17. The van der Waals surface area contributed by atoms with Gasteiger partial charge in [0.2, 0.25) is 0 Å². The molecule has 0 spiro atoms. The zero-order valence-corrected chi connectivity index (χ0v) is 12.5. The number of hydrogen-bond acceptors (Lipinski definition) is 4. The van der Waals surface area contributed by atoms with Crippen LogP contribution in [0.15, 0.2) is 18.2 Å². The standard InChI is InChI=1S/C16H25NO3/c1-3-5-8-17(4-2)12-14(18)13-6-7-15-16(11-13)20-10-9-19-15/h6-7,11,14,18H,3-5,8-10,12H2,1-2H3/t14-/m1/s1. The smallest absolute Gasteiger partial charge is 0.161 e. The van der Waals surface area contributed by atoms with Crippen LogP contribution >= 0.6 is 0 Å². The number of ether oxygens (including phenoxy) is 2. The minimum Gasteiger partial charge on any atom is -0.486 e. The van der Waals surface area contributed by atoms with Crippen molar-refractivity contribution in [2.24, 2.45) is 0 Å². The highest BCUT2D eigenvalue weighted by molar-refractivity contribution is 5.44. The van der Waals surface area contributed by atoms with Crippen LogP contribution < -0.4 is 9.47 Å². The minimum atomic E-state index is -0.484. The first-order valence-electron chi connectivity index (χ1n) is 7.54. The molecule has 0 bridgehead atoms. The molecule has 1 heterocycles. The molecular weight excluding hydrogens is 254 g/mol. The summed E-state index contributed by atoms with van der Waals surface area (Å²) in [6.45, 7) is 8.14. The molecule has 4 nitrogen and oxygen atoms in total. The Morgan fingerprint density at radius 1 is 1.20 bits per heavy atom. The highest BCUT2D eigenvalue weighted by Crippen LogP contribution is 2.32. The number of aliphatic hydroxyl groups is 1. The van der Waals surface area contributed by atoms with Gasteiger partial charge in [-0.1, -0.05) is 26.3 Å². The Morgan fingerprint density at radius 3 is 2.65 bits per heavy atom. The minimum absolute atomic E-state index is 0.484. The lowest BCUT2D eigenvalue weighted by molar-refractivity contribution is 0.114. The number of fused-ring (bicyclic) bond motifs is 1. The molecule has 0 amide bonds. The maximum atomic E-state index is 10.4. The van der Waals surface area contributed by atoms with Crippen molar-refractivity contribution in [1.82, 2.24) is 4.90 Å². The lowest BCUT2D eigenvalue weighted by atomic mass is 10.1. The molecule has 1 atom stereocenters. The molecule has 1 aliphatic rings. The van der Waals surface area contributed by atoms with Crippen molar-refractivity contribution < 1.29 is 14.6 Å². The Hall–Kier alpha value is -1.26. The molecule has 1 aromatic rings. The molecule has 0 unspecified atom stereocenters. The molecule has 1 aliphatic heterocycles. The molecule has 0 aliphatic carbocycles. The van der Waals surface area contributed by atoms with Gasteiger partial charge >= 0.3 is 0 Å². The van der Waals surface area contributed by atoms with Crippen LogP contribution in [0.5, 0.6) is 11.5 Å². The lowest BCUT2D eigenvalue weighted by Gasteiger charge is -2.25. The van der Waals surface area contributed by atoms with E-state index in [9.17, 15) is 5.11 Å². The van der Waals surface area contributed by atoms with E-state index >= 15 is 0 Å². The first-order chi connectivity index (χ1) is 9.74. The molecule has 1 N–H and O–H groups in total. The monoisotopic (exact) mass is 279 g/mol. The Morgan fingerprint density at radius 2 is 1.95 bits per heavy atom. The van der Waals surface area contributed by atoms with Gasteiger partial charge in [0.15, 0.2) is 11.5 Å². The van der Waals surface area contributed by atoms with E-state index in [1.165, 1.54) is 12.8 Å². The molecule has 0 saturated carbocycles. The summed E-state index contributed by atoms with van der Waals surface area (Å²) in [4.78, 5) is 2.28. The van der Waals surface area contributed by atoms with E-state index in [1.807, 2.05) is 18.2 Å². The second-order valence-corrected chi connectivity index (χ2v) is 5.17. The third kappa shape index (κ3) is 3.87. The summed E-state index contributed by atoms with van der Waals surface area (Å²) in [5.74, 6) is 1.51. The number of benzene rings is 1. The van der Waals surface area contributed by atoms with Crippen molar-refractivity contribution in [2.75, 3.05) is 32.8 Å². The van der Waals surface area contributed by atoms with E-state index in [4.69, 9.17) is 9.47 Å². The summed E-state index contributed by atoms with van der Waals surface area (Å²) in [6, 6.07) is 5.70. The number of nitrogens with zero attached hydrogens (tertiary/aromatic N) is 1. The van der Waals surface area contributed by atoms with Crippen LogP contribution in [0.25, 0.3) is 0 Å². The van der Waals surface area contributed by atoms with Gasteiger partial charge in [0.25, 0.3) is 0 Å². The molecule has 2 rings (SSSR count). The third-order valence-electron chi connectivity index (χ3n) is 3.66. The van der Waals surface area contributed by atoms with Crippen molar-refractivity contribution in [3.8, 4) is 11.5 Å². The van der Waals surface area contributed by atoms with Gasteiger partial charge < -0.3 is 19.5 Å². The fourth-order valence-corrected chi connectivity index (χ4v) is 2.38. The van der Waals surface area contributed by atoms with Crippen molar-refractivity contribution in [3.63, 3.8) is 0 Å². The fourth-order valence-electron chi connectivity index (χ4n) is 2.38. The predicted molar refractivity (Wildman–Crippen MR) is 79.4 cm³/mol. The van der Waals surface area contributed by atoms with Crippen LogP contribution in [0.1, 0.15) is 38.4 Å². The van der Waals surface area contributed by atoms with Gasteiger partial charge in [-0.25, -0.2) is 0 Å². The second-order valence-electron chi connectivity index (χ2n) is 5.17. The molecule has 0 fully saturated rings. The van der Waals surface area contributed by atoms with E-state index in [0.29, 0.717) is 19.8 Å². The quantitative estimate of drug-likeness (QED) is 0.833. The van der Waals surface area contributed by atoms with Crippen LogP contribution in [0.3, 0.4) is 0 Å². The number of rotatable bonds is 7. The van der Waals surface area contributed by atoms with Crippen LogP contribution in [0.4, 0.5) is 0 Å². The van der Waals surface area contributed by atoms with Crippen LogP contribution in [0.2, 0.25) is 0 Å². The molecule has 112 valence electrons. The zero-order valence-electron chi connectivity index (χ0n) is 12.5. The van der Waals surface area contributed by atoms with Crippen molar-refractivity contribution in [3.05, 3.63) is 23.8 Å². The summed E-state index contributed by atoms with van der Waals surface area (Å²) >= 11 is 0. The van der Waals surface area contributed by atoms with Gasteiger partial charge in [-0.2, -0.15) is 0 Å². The number of hydrogen-bond donors (Lipinski definition) is 1. The summed E-state index contributed by atoms with van der Waals surface area (Å²) < 4.78 is 11.1. The van der Waals surface area contributed by atoms with E-state index in [0.717, 1.165) is 30.2 Å². The molecule has 4 heteroatoms. The maximum absolute atomic E-state index is 10.4. The molecule has 1 aromatic carbocycles. The Bertz CT molecular complexity index is 422. The molecule has 0 saturated heterocycles. The van der Waals surface area contributed by atoms with Gasteiger partial charge in [0.05, 0.1) is 6.10 Å². The van der Waals surface area contributed by atoms with E-state index < -0.39 is 6.10 Å². The lowest BCUT2D eigenvalue weighted by Crippen LogP contribution is -2.29. The number of likely N-dealkylation sites (N-methyl/N-ethyl adjacent to an activating group) is 1. The van der Waals surface area contributed by atoms with Gasteiger partial charge in [0, 0.05) is 6.54 Å². The van der Waals surface area contributed by atoms with Gasteiger partial charge in [-0.3, -0.25) is 0 Å². The Balaban J connectivity index is 1.99.